The van der Waals surface area contributed by atoms with Crippen molar-refractivity contribution in [1.29, 1.82) is 0 Å². The number of aromatic nitrogens is 2. The number of hydrogen-bond acceptors (Lipinski definition) is 3. The Balaban J connectivity index is 1.34. The maximum Gasteiger partial charge on any atom is 0.160 e. The van der Waals surface area contributed by atoms with Crippen LogP contribution in [0, 0.1) is 0 Å². The molecule has 0 unspecified atom stereocenters. The van der Waals surface area contributed by atoms with E-state index in [4.69, 9.17) is 14.4 Å². The van der Waals surface area contributed by atoms with Gasteiger partial charge in [-0.3, -0.25) is 0 Å². The van der Waals surface area contributed by atoms with Crippen molar-refractivity contribution in [2.75, 3.05) is 0 Å². The van der Waals surface area contributed by atoms with E-state index in [-0.39, 0.29) is 0 Å². The monoisotopic (exact) mass is 552 g/mol. The number of halogens is 1. The van der Waals surface area contributed by atoms with E-state index in [9.17, 15) is 0 Å². The first-order valence-electron chi connectivity index (χ1n) is 12.4. The molecule has 0 N–H and O–H groups in total. The van der Waals surface area contributed by atoms with E-state index >= 15 is 0 Å². The summed E-state index contributed by atoms with van der Waals surface area (Å²) >= 11 is 3.59. The molecule has 0 amide bonds. The molecule has 0 aliphatic rings. The van der Waals surface area contributed by atoms with Crippen LogP contribution >= 0.6 is 15.9 Å². The molecule has 4 heteroatoms. The van der Waals surface area contributed by atoms with Gasteiger partial charge in [-0.25, -0.2) is 9.97 Å². The molecule has 7 aromatic rings. The Morgan fingerprint density at radius 3 is 1.97 bits per heavy atom. The fraction of sp³-hybridized carbons (Fsp3) is 0. The lowest BCUT2D eigenvalue weighted by Crippen LogP contribution is -1.96. The molecule has 0 fully saturated rings. The highest BCUT2D eigenvalue weighted by Gasteiger charge is 2.14. The zero-order chi connectivity index (χ0) is 25.5. The van der Waals surface area contributed by atoms with Crippen molar-refractivity contribution in [3.05, 3.63) is 132 Å². The lowest BCUT2D eigenvalue weighted by atomic mass is 10.00. The molecule has 0 aliphatic carbocycles. The predicted octanol–water partition coefficient (Wildman–Crippen LogP) is 9.81. The van der Waals surface area contributed by atoms with Gasteiger partial charge < -0.3 is 4.42 Å². The van der Waals surface area contributed by atoms with Gasteiger partial charge in [0.15, 0.2) is 5.82 Å². The number of para-hydroxylation sites is 2. The number of nitrogens with zero attached hydrogens (tertiary/aromatic N) is 2. The second-order valence-corrected chi connectivity index (χ2v) is 10.1. The average Bonchev–Trinajstić information content (AvgIpc) is 3.36. The standard InChI is InChI=1S/C34H21BrN2O/c35-26-11-6-10-25(20-26)31-21-30(36-34(37-31)24-8-2-1-3-9-24)23-18-16-22(17-19-23)27-13-7-14-29-28-12-4-5-15-32(28)38-33(27)29/h1-21H. The summed E-state index contributed by atoms with van der Waals surface area (Å²) in [6, 6.07) is 43.4. The zero-order valence-corrected chi connectivity index (χ0v) is 21.9. The van der Waals surface area contributed by atoms with Crippen LogP contribution in [0.5, 0.6) is 0 Å². The predicted molar refractivity (Wildman–Crippen MR) is 159 cm³/mol. The van der Waals surface area contributed by atoms with Crippen molar-refractivity contribution in [1.82, 2.24) is 9.97 Å². The molecule has 2 heterocycles. The second-order valence-electron chi connectivity index (χ2n) is 9.20. The average molecular weight is 553 g/mol. The van der Waals surface area contributed by atoms with Crippen LogP contribution in [0.1, 0.15) is 0 Å². The Morgan fingerprint density at radius 2 is 1.16 bits per heavy atom. The Hall–Kier alpha value is -4.54. The highest BCUT2D eigenvalue weighted by atomic mass is 79.9. The summed E-state index contributed by atoms with van der Waals surface area (Å²) in [4.78, 5) is 9.88. The molecule has 0 spiro atoms. The van der Waals surface area contributed by atoms with Gasteiger partial charge in [0.2, 0.25) is 0 Å². The van der Waals surface area contributed by atoms with Crippen molar-refractivity contribution >= 4 is 37.9 Å². The molecule has 0 aliphatic heterocycles. The van der Waals surface area contributed by atoms with Gasteiger partial charge in [0.25, 0.3) is 0 Å². The van der Waals surface area contributed by atoms with E-state index < -0.39 is 0 Å². The van der Waals surface area contributed by atoms with Crippen LogP contribution in [0.25, 0.3) is 67.0 Å². The molecular weight excluding hydrogens is 532 g/mol. The van der Waals surface area contributed by atoms with Crippen molar-refractivity contribution in [3.63, 3.8) is 0 Å². The molecule has 0 radical (unpaired) electrons. The fourth-order valence-electron chi connectivity index (χ4n) is 4.90. The molecular formula is C34H21BrN2O. The van der Waals surface area contributed by atoms with Gasteiger partial charge in [-0.15, -0.1) is 0 Å². The summed E-state index contributed by atoms with van der Waals surface area (Å²) in [6.07, 6.45) is 0. The summed E-state index contributed by atoms with van der Waals surface area (Å²) < 4.78 is 7.28. The Kier molecular flexibility index (Phi) is 5.60. The van der Waals surface area contributed by atoms with E-state index in [1.54, 1.807) is 0 Å². The van der Waals surface area contributed by atoms with E-state index in [1.807, 2.05) is 60.7 Å². The van der Waals surface area contributed by atoms with Gasteiger partial charge >= 0.3 is 0 Å². The first-order chi connectivity index (χ1) is 18.7. The topological polar surface area (TPSA) is 38.9 Å². The van der Waals surface area contributed by atoms with Gasteiger partial charge in [-0.2, -0.15) is 0 Å². The minimum atomic E-state index is 0.703. The first kappa shape index (κ1) is 22.6. The minimum Gasteiger partial charge on any atom is -0.455 e. The third-order valence-corrected chi connectivity index (χ3v) is 7.27. The minimum absolute atomic E-state index is 0.703. The van der Waals surface area contributed by atoms with Crippen LogP contribution in [0.2, 0.25) is 0 Å². The number of rotatable bonds is 4. The van der Waals surface area contributed by atoms with Gasteiger partial charge in [-0.05, 0) is 29.8 Å². The molecule has 0 saturated heterocycles. The molecule has 7 rings (SSSR count). The lowest BCUT2D eigenvalue weighted by Gasteiger charge is -2.10. The molecule has 0 bridgehead atoms. The maximum absolute atomic E-state index is 6.27. The summed E-state index contributed by atoms with van der Waals surface area (Å²) in [5.41, 5.74) is 8.80. The number of fused-ring (bicyclic) bond motifs is 3. The van der Waals surface area contributed by atoms with Gasteiger partial charge in [0, 0.05) is 37.5 Å². The van der Waals surface area contributed by atoms with Gasteiger partial charge in [-0.1, -0.05) is 119 Å². The highest BCUT2D eigenvalue weighted by Crippen LogP contribution is 2.36. The van der Waals surface area contributed by atoms with Crippen molar-refractivity contribution < 1.29 is 4.42 Å². The third kappa shape index (κ3) is 4.09. The highest BCUT2D eigenvalue weighted by molar-refractivity contribution is 9.10. The van der Waals surface area contributed by atoms with E-state index in [0.29, 0.717) is 5.82 Å². The van der Waals surface area contributed by atoms with Crippen LogP contribution in [0.3, 0.4) is 0 Å². The Bertz CT molecular complexity index is 1920. The Labute approximate surface area is 228 Å². The van der Waals surface area contributed by atoms with Crippen LogP contribution in [0.4, 0.5) is 0 Å². The maximum atomic E-state index is 6.27. The Morgan fingerprint density at radius 1 is 0.500 bits per heavy atom. The lowest BCUT2D eigenvalue weighted by molar-refractivity contribution is 0.670. The molecule has 0 saturated carbocycles. The van der Waals surface area contributed by atoms with Crippen LogP contribution in [-0.4, -0.2) is 9.97 Å². The number of hydrogen-bond donors (Lipinski definition) is 0. The van der Waals surface area contributed by atoms with Crippen LogP contribution in [0.15, 0.2) is 136 Å². The number of furan rings is 1. The molecule has 3 nitrogen and oxygen atoms in total. The summed E-state index contributed by atoms with van der Waals surface area (Å²) in [6.45, 7) is 0. The fourth-order valence-corrected chi connectivity index (χ4v) is 5.30. The third-order valence-electron chi connectivity index (χ3n) is 6.77. The largest absolute Gasteiger partial charge is 0.455 e. The van der Waals surface area contributed by atoms with E-state index in [0.717, 1.165) is 65.6 Å². The molecule has 5 aromatic carbocycles. The first-order valence-corrected chi connectivity index (χ1v) is 13.2. The van der Waals surface area contributed by atoms with Crippen LogP contribution in [-0.2, 0) is 0 Å². The van der Waals surface area contributed by atoms with E-state index in [1.165, 1.54) is 0 Å². The van der Waals surface area contributed by atoms with E-state index in [2.05, 4.69) is 82.7 Å². The summed E-state index contributed by atoms with van der Waals surface area (Å²) in [7, 11) is 0. The van der Waals surface area contributed by atoms with Crippen molar-refractivity contribution in [2.45, 2.75) is 0 Å². The smallest absolute Gasteiger partial charge is 0.160 e. The molecule has 38 heavy (non-hydrogen) atoms. The summed E-state index contributed by atoms with van der Waals surface area (Å²) in [5, 5.41) is 2.26. The van der Waals surface area contributed by atoms with Gasteiger partial charge in [0.1, 0.15) is 11.2 Å². The second kappa shape index (κ2) is 9.40. The number of benzene rings is 5. The normalized spacial score (nSPS) is 11.3. The van der Waals surface area contributed by atoms with Crippen molar-refractivity contribution in [2.24, 2.45) is 0 Å². The van der Waals surface area contributed by atoms with Crippen LogP contribution < -0.4 is 0 Å². The molecule has 0 atom stereocenters. The van der Waals surface area contributed by atoms with Gasteiger partial charge in [0.05, 0.1) is 11.4 Å². The zero-order valence-electron chi connectivity index (χ0n) is 20.3. The molecule has 180 valence electrons. The van der Waals surface area contributed by atoms with Crippen molar-refractivity contribution in [3.8, 4) is 45.0 Å². The SMILES string of the molecule is Brc1cccc(-c2cc(-c3ccc(-c4cccc5c4oc4ccccc45)cc3)nc(-c3ccccc3)n2)c1. The summed E-state index contributed by atoms with van der Waals surface area (Å²) in [5.74, 6) is 0.703. The quantitative estimate of drug-likeness (QED) is 0.218. The molecule has 2 aromatic heterocycles.